The van der Waals surface area contributed by atoms with Crippen molar-refractivity contribution in [1.82, 2.24) is 4.98 Å². The standard InChI is InChI=1S/C14H10FN3OS/c15-9-3-1-2-8(6-9)13-18-11-5-4-10(17-14(16)20)7-12(11)19-13/h1-7H,(H3,16,17,20). The first-order valence-electron chi connectivity index (χ1n) is 5.85. The van der Waals surface area contributed by atoms with Gasteiger partial charge in [-0.1, -0.05) is 6.07 Å². The molecule has 20 heavy (non-hydrogen) atoms. The van der Waals surface area contributed by atoms with E-state index in [0.29, 0.717) is 28.2 Å². The molecule has 0 spiro atoms. The monoisotopic (exact) mass is 287 g/mol. The van der Waals surface area contributed by atoms with E-state index in [2.05, 4.69) is 10.3 Å². The molecule has 3 N–H and O–H groups in total. The first-order chi connectivity index (χ1) is 9.61. The summed E-state index contributed by atoms with van der Waals surface area (Å²) in [5.41, 5.74) is 7.97. The minimum absolute atomic E-state index is 0.175. The lowest BCUT2D eigenvalue weighted by Crippen LogP contribution is -2.18. The third-order valence-electron chi connectivity index (χ3n) is 2.73. The van der Waals surface area contributed by atoms with Crippen molar-refractivity contribution in [3.8, 4) is 11.5 Å². The van der Waals surface area contributed by atoms with Crippen molar-refractivity contribution in [2.75, 3.05) is 5.32 Å². The number of rotatable bonds is 2. The van der Waals surface area contributed by atoms with Gasteiger partial charge in [-0.05, 0) is 42.5 Å². The summed E-state index contributed by atoms with van der Waals surface area (Å²) in [6.45, 7) is 0. The van der Waals surface area contributed by atoms with Crippen molar-refractivity contribution in [2.24, 2.45) is 5.73 Å². The number of oxazole rings is 1. The van der Waals surface area contributed by atoms with Gasteiger partial charge in [0.05, 0.1) is 0 Å². The van der Waals surface area contributed by atoms with Crippen LogP contribution in [0.3, 0.4) is 0 Å². The molecular formula is C14H10FN3OS. The number of anilines is 1. The van der Waals surface area contributed by atoms with Crippen LogP contribution in [-0.2, 0) is 0 Å². The highest BCUT2D eigenvalue weighted by Gasteiger charge is 2.09. The number of benzene rings is 2. The highest BCUT2D eigenvalue weighted by molar-refractivity contribution is 7.80. The van der Waals surface area contributed by atoms with Crippen LogP contribution in [-0.4, -0.2) is 10.1 Å². The molecule has 0 fully saturated rings. The lowest BCUT2D eigenvalue weighted by molar-refractivity contribution is 0.611. The van der Waals surface area contributed by atoms with Crippen molar-refractivity contribution >= 4 is 34.1 Å². The zero-order chi connectivity index (χ0) is 14.1. The molecule has 0 aliphatic heterocycles. The van der Waals surface area contributed by atoms with Crippen LogP contribution in [0.15, 0.2) is 46.9 Å². The molecule has 3 aromatic rings. The van der Waals surface area contributed by atoms with Crippen molar-refractivity contribution < 1.29 is 8.81 Å². The summed E-state index contributed by atoms with van der Waals surface area (Å²) in [7, 11) is 0. The number of thiocarbonyl (C=S) groups is 1. The third-order valence-corrected chi connectivity index (χ3v) is 2.83. The predicted molar refractivity (Wildman–Crippen MR) is 79.8 cm³/mol. The van der Waals surface area contributed by atoms with Crippen LogP contribution in [0.4, 0.5) is 10.1 Å². The molecule has 0 saturated heterocycles. The van der Waals surface area contributed by atoms with E-state index in [1.807, 2.05) is 0 Å². The predicted octanol–water partition coefficient (Wildman–Crippen LogP) is 3.29. The topological polar surface area (TPSA) is 64.1 Å². The van der Waals surface area contributed by atoms with Crippen LogP contribution in [0.25, 0.3) is 22.6 Å². The molecule has 0 amide bonds. The number of nitrogens with zero attached hydrogens (tertiary/aromatic N) is 1. The fourth-order valence-electron chi connectivity index (χ4n) is 1.89. The number of hydrogen-bond acceptors (Lipinski definition) is 3. The molecule has 0 aliphatic rings. The highest BCUT2D eigenvalue weighted by atomic mass is 32.1. The van der Waals surface area contributed by atoms with Crippen LogP contribution in [0.5, 0.6) is 0 Å². The zero-order valence-electron chi connectivity index (χ0n) is 10.3. The molecule has 0 atom stereocenters. The van der Waals surface area contributed by atoms with Crippen LogP contribution in [0.2, 0.25) is 0 Å². The van der Waals surface area contributed by atoms with Gasteiger partial charge in [0.2, 0.25) is 5.89 Å². The quantitative estimate of drug-likeness (QED) is 0.708. The van der Waals surface area contributed by atoms with Gasteiger partial charge in [0, 0.05) is 17.3 Å². The number of halogens is 1. The summed E-state index contributed by atoms with van der Waals surface area (Å²) in [4.78, 5) is 4.32. The fraction of sp³-hybridized carbons (Fsp3) is 0. The number of fused-ring (bicyclic) bond motifs is 1. The maximum Gasteiger partial charge on any atom is 0.227 e. The van der Waals surface area contributed by atoms with Gasteiger partial charge < -0.3 is 15.5 Å². The second-order valence-electron chi connectivity index (χ2n) is 4.20. The summed E-state index contributed by atoms with van der Waals surface area (Å²) in [5.74, 6) is 0.0348. The van der Waals surface area contributed by atoms with Crippen molar-refractivity contribution in [1.29, 1.82) is 0 Å². The fourth-order valence-corrected chi connectivity index (χ4v) is 2.01. The van der Waals surface area contributed by atoms with Gasteiger partial charge in [0.25, 0.3) is 0 Å². The van der Waals surface area contributed by atoms with Crippen LogP contribution >= 0.6 is 12.2 Å². The molecular weight excluding hydrogens is 277 g/mol. The Balaban J connectivity index is 2.04. The van der Waals surface area contributed by atoms with Crippen LogP contribution in [0.1, 0.15) is 0 Å². The van der Waals surface area contributed by atoms with E-state index < -0.39 is 0 Å². The lowest BCUT2D eigenvalue weighted by Gasteiger charge is -2.01. The van der Waals surface area contributed by atoms with Gasteiger partial charge in [0.1, 0.15) is 11.3 Å². The molecule has 0 aliphatic carbocycles. The molecule has 100 valence electrons. The minimum atomic E-state index is -0.333. The average Bonchev–Trinajstić information content (AvgIpc) is 2.81. The Labute approximate surface area is 119 Å². The molecule has 2 aromatic carbocycles. The highest BCUT2D eigenvalue weighted by Crippen LogP contribution is 2.26. The molecule has 4 nitrogen and oxygen atoms in total. The maximum absolute atomic E-state index is 13.2. The maximum atomic E-state index is 13.2. The Kier molecular flexibility index (Phi) is 3.08. The molecule has 0 radical (unpaired) electrons. The van der Waals surface area contributed by atoms with Crippen LogP contribution < -0.4 is 11.1 Å². The van der Waals surface area contributed by atoms with E-state index in [1.54, 1.807) is 30.3 Å². The minimum Gasteiger partial charge on any atom is -0.436 e. The summed E-state index contributed by atoms with van der Waals surface area (Å²) in [6, 6.07) is 11.4. The van der Waals surface area contributed by atoms with Crippen molar-refractivity contribution in [3.63, 3.8) is 0 Å². The summed E-state index contributed by atoms with van der Waals surface area (Å²) in [5, 5.41) is 2.99. The van der Waals surface area contributed by atoms with E-state index in [-0.39, 0.29) is 10.9 Å². The van der Waals surface area contributed by atoms with Gasteiger partial charge in [-0.3, -0.25) is 0 Å². The van der Waals surface area contributed by atoms with Crippen molar-refractivity contribution in [3.05, 3.63) is 48.3 Å². The number of hydrogen-bond donors (Lipinski definition) is 2. The zero-order valence-corrected chi connectivity index (χ0v) is 11.1. The van der Waals surface area contributed by atoms with E-state index >= 15 is 0 Å². The summed E-state index contributed by atoms with van der Waals surface area (Å²) < 4.78 is 18.8. The van der Waals surface area contributed by atoms with Gasteiger partial charge in [-0.25, -0.2) is 9.37 Å². The molecule has 0 saturated carbocycles. The molecule has 1 aromatic heterocycles. The molecule has 1 heterocycles. The van der Waals surface area contributed by atoms with Gasteiger partial charge in [-0.15, -0.1) is 0 Å². The average molecular weight is 287 g/mol. The smallest absolute Gasteiger partial charge is 0.227 e. The largest absolute Gasteiger partial charge is 0.436 e. The van der Waals surface area contributed by atoms with Gasteiger partial charge in [0.15, 0.2) is 10.7 Å². The van der Waals surface area contributed by atoms with E-state index in [0.717, 1.165) is 0 Å². The first-order valence-corrected chi connectivity index (χ1v) is 6.25. The summed E-state index contributed by atoms with van der Waals surface area (Å²) >= 11 is 4.78. The molecule has 3 rings (SSSR count). The summed E-state index contributed by atoms with van der Waals surface area (Å²) in [6.07, 6.45) is 0. The Morgan fingerprint density at radius 1 is 1.25 bits per heavy atom. The van der Waals surface area contributed by atoms with Gasteiger partial charge >= 0.3 is 0 Å². The van der Waals surface area contributed by atoms with Crippen LogP contribution in [0, 0.1) is 5.82 Å². The SMILES string of the molecule is NC(=S)Nc1ccc2nc(-c3cccc(F)c3)oc2c1. The number of nitrogens with two attached hydrogens (primary N) is 1. The second-order valence-corrected chi connectivity index (χ2v) is 4.64. The van der Waals surface area contributed by atoms with Gasteiger partial charge in [-0.2, -0.15) is 0 Å². The first kappa shape index (κ1) is 12.6. The van der Waals surface area contributed by atoms with E-state index in [1.165, 1.54) is 12.1 Å². The Bertz CT molecular complexity index is 800. The Morgan fingerprint density at radius 3 is 2.85 bits per heavy atom. The molecule has 0 bridgehead atoms. The lowest BCUT2D eigenvalue weighted by atomic mass is 10.2. The van der Waals surface area contributed by atoms with E-state index in [9.17, 15) is 4.39 Å². The normalized spacial score (nSPS) is 10.7. The third kappa shape index (κ3) is 2.46. The number of nitrogens with one attached hydrogen (secondary N) is 1. The van der Waals surface area contributed by atoms with Crippen molar-refractivity contribution in [2.45, 2.75) is 0 Å². The van der Waals surface area contributed by atoms with E-state index in [4.69, 9.17) is 22.4 Å². The Morgan fingerprint density at radius 2 is 2.10 bits per heavy atom. The molecule has 6 heteroatoms. The Hall–Kier alpha value is -2.47. The molecule has 0 unspecified atom stereocenters. The number of aromatic nitrogens is 1. The second kappa shape index (κ2) is 4.90.